The number of ketones is 1. The third kappa shape index (κ3) is 3.06. The molecular weight excluding hydrogens is 204 g/mol. The van der Waals surface area contributed by atoms with E-state index in [2.05, 4.69) is 6.92 Å². The van der Waals surface area contributed by atoms with Gasteiger partial charge in [0.05, 0.1) is 13.0 Å². The standard InChI is InChI=1S/C13H22O3/c1-3-8-13(10-12(15)16-4-2)9-6-5-7-11(13)14/h3-10H2,1-2H3/t13-/m0/s1. The van der Waals surface area contributed by atoms with E-state index in [1.54, 1.807) is 6.92 Å². The van der Waals surface area contributed by atoms with Crippen molar-refractivity contribution in [2.45, 2.75) is 58.8 Å². The lowest BCUT2D eigenvalue weighted by atomic mass is 9.68. The molecule has 0 spiro atoms. The van der Waals surface area contributed by atoms with Crippen molar-refractivity contribution in [3.8, 4) is 0 Å². The fourth-order valence-electron chi connectivity index (χ4n) is 2.66. The number of esters is 1. The van der Waals surface area contributed by atoms with Crippen LogP contribution in [0.25, 0.3) is 0 Å². The summed E-state index contributed by atoms with van der Waals surface area (Å²) in [5.74, 6) is 0.0554. The van der Waals surface area contributed by atoms with Gasteiger partial charge in [-0.25, -0.2) is 0 Å². The molecule has 92 valence electrons. The van der Waals surface area contributed by atoms with E-state index in [-0.39, 0.29) is 18.2 Å². The predicted octanol–water partition coefficient (Wildman–Crippen LogP) is 2.87. The molecule has 1 saturated carbocycles. The first kappa shape index (κ1) is 13.2. The van der Waals surface area contributed by atoms with Gasteiger partial charge in [0.25, 0.3) is 0 Å². The highest BCUT2D eigenvalue weighted by molar-refractivity contribution is 5.89. The molecule has 16 heavy (non-hydrogen) atoms. The van der Waals surface area contributed by atoms with Gasteiger partial charge in [0.2, 0.25) is 0 Å². The van der Waals surface area contributed by atoms with Gasteiger partial charge >= 0.3 is 5.97 Å². The Morgan fingerprint density at radius 3 is 2.69 bits per heavy atom. The number of carbonyl (C=O) groups excluding carboxylic acids is 2. The van der Waals surface area contributed by atoms with E-state index in [9.17, 15) is 9.59 Å². The maximum absolute atomic E-state index is 12.0. The van der Waals surface area contributed by atoms with Gasteiger partial charge in [-0.15, -0.1) is 0 Å². The molecule has 0 aromatic rings. The van der Waals surface area contributed by atoms with Crippen molar-refractivity contribution >= 4 is 11.8 Å². The van der Waals surface area contributed by atoms with E-state index in [0.29, 0.717) is 13.0 Å². The Hall–Kier alpha value is -0.860. The lowest BCUT2D eigenvalue weighted by Crippen LogP contribution is -2.36. The molecule has 1 aliphatic carbocycles. The van der Waals surface area contributed by atoms with Gasteiger partial charge in [-0.3, -0.25) is 9.59 Å². The largest absolute Gasteiger partial charge is 0.466 e. The number of ether oxygens (including phenoxy) is 1. The molecule has 0 aromatic carbocycles. The van der Waals surface area contributed by atoms with Crippen LogP contribution in [0.3, 0.4) is 0 Å². The minimum Gasteiger partial charge on any atom is -0.466 e. The zero-order valence-corrected chi connectivity index (χ0v) is 10.4. The highest BCUT2D eigenvalue weighted by Crippen LogP contribution is 2.40. The molecule has 0 N–H and O–H groups in total. The van der Waals surface area contributed by atoms with Crippen LogP contribution in [-0.2, 0) is 14.3 Å². The van der Waals surface area contributed by atoms with Crippen molar-refractivity contribution in [1.82, 2.24) is 0 Å². The summed E-state index contributed by atoms with van der Waals surface area (Å²) in [7, 11) is 0. The van der Waals surface area contributed by atoms with Crippen molar-refractivity contribution in [1.29, 1.82) is 0 Å². The number of hydrogen-bond acceptors (Lipinski definition) is 3. The lowest BCUT2D eigenvalue weighted by molar-refractivity contribution is -0.151. The lowest BCUT2D eigenvalue weighted by Gasteiger charge is -2.34. The molecule has 3 nitrogen and oxygen atoms in total. The summed E-state index contributed by atoms with van der Waals surface area (Å²) in [6.07, 6.45) is 5.60. The zero-order valence-electron chi connectivity index (χ0n) is 10.4. The molecule has 0 unspecified atom stereocenters. The molecule has 0 heterocycles. The number of hydrogen-bond donors (Lipinski definition) is 0. The second kappa shape index (κ2) is 6.02. The molecular formula is C13H22O3. The third-order valence-electron chi connectivity index (χ3n) is 3.42. The average Bonchev–Trinajstić information content (AvgIpc) is 2.23. The van der Waals surface area contributed by atoms with Gasteiger partial charge in [0, 0.05) is 11.8 Å². The van der Waals surface area contributed by atoms with Crippen LogP contribution in [0.2, 0.25) is 0 Å². The van der Waals surface area contributed by atoms with Crippen LogP contribution in [-0.4, -0.2) is 18.4 Å². The first-order valence-electron chi connectivity index (χ1n) is 6.33. The average molecular weight is 226 g/mol. The van der Waals surface area contributed by atoms with Crippen molar-refractivity contribution < 1.29 is 14.3 Å². The fourth-order valence-corrected chi connectivity index (χ4v) is 2.66. The zero-order chi connectivity index (χ0) is 12.0. The van der Waals surface area contributed by atoms with E-state index in [1.807, 2.05) is 0 Å². The number of rotatable bonds is 5. The minimum atomic E-state index is -0.404. The first-order chi connectivity index (χ1) is 7.64. The van der Waals surface area contributed by atoms with Crippen molar-refractivity contribution in [2.24, 2.45) is 5.41 Å². The van der Waals surface area contributed by atoms with E-state index in [0.717, 1.165) is 32.1 Å². The van der Waals surface area contributed by atoms with Gasteiger partial charge in [-0.05, 0) is 26.2 Å². The quantitative estimate of drug-likeness (QED) is 0.677. The summed E-state index contributed by atoms with van der Waals surface area (Å²) in [4.78, 5) is 23.6. The summed E-state index contributed by atoms with van der Waals surface area (Å²) in [5.41, 5.74) is -0.404. The molecule has 0 aromatic heterocycles. The van der Waals surface area contributed by atoms with Crippen LogP contribution in [0.5, 0.6) is 0 Å². The highest BCUT2D eigenvalue weighted by Gasteiger charge is 2.40. The maximum Gasteiger partial charge on any atom is 0.306 e. The Kier molecular flexibility index (Phi) is 4.97. The molecule has 3 heteroatoms. The van der Waals surface area contributed by atoms with E-state index >= 15 is 0 Å². The van der Waals surface area contributed by atoms with E-state index < -0.39 is 5.41 Å². The monoisotopic (exact) mass is 226 g/mol. The van der Waals surface area contributed by atoms with Gasteiger partial charge in [0.15, 0.2) is 0 Å². The normalized spacial score (nSPS) is 25.5. The SMILES string of the molecule is CCC[C@@]1(CC(=O)OCC)CCCCC1=O. The molecule has 1 rings (SSSR count). The maximum atomic E-state index is 12.0. The third-order valence-corrected chi connectivity index (χ3v) is 3.42. The molecule has 0 saturated heterocycles. The van der Waals surface area contributed by atoms with Gasteiger partial charge < -0.3 is 4.74 Å². The van der Waals surface area contributed by atoms with E-state index in [4.69, 9.17) is 4.74 Å². The van der Waals surface area contributed by atoms with E-state index in [1.165, 1.54) is 0 Å². The van der Waals surface area contributed by atoms with Gasteiger partial charge in [0.1, 0.15) is 5.78 Å². The van der Waals surface area contributed by atoms with Crippen LogP contribution < -0.4 is 0 Å². The molecule has 1 fully saturated rings. The minimum absolute atomic E-state index is 0.216. The van der Waals surface area contributed by atoms with Gasteiger partial charge in [-0.1, -0.05) is 19.8 Å². The fraction of sp³-hybridized carbons (Fsp3) is 0.846. The van der Waals surface area contributed by atoms with Crippen molar-refractivity contribution in [3.05, 3.63) is 0 Å². The molecule has 0 amide bonds. The second-order valence-corrected chi connectivity index (χ2v) is 4.64. The Morgan fingerprint density at radius 2 is 2.12 bits per heavy atom. The number of Topliss-reactive ketones (excluding diaryl/α,β-unsaturated/α-hetero) is 1. The van der Waals surface area contributed by atoms with Crippen LogP contribution in [0.15, 0.2) is 0 Å². The molecule has 1 atom stereocenters. The van der Waals surface area contributed by atoms with Crippen LogP contribution >= 0.6 is 0 Å². The molecule has 0 radical (unpaired) electrons. The van der Waals surface area contributed by atoms with Crippen molar-refractivity contribution in [3.63, 3.8) is 0 Å². The predicted molar refractivity (Wildman–Crippen MR) is 62.1 cm³/mol. The summed E-state index contributed by atoms with van der Waals surface area (Å²) < 4.78 is 4.97. The second-order valence-electron chi connectivity index (χ2n) is 4.64. The van der Waals surface area contributed by atoms with Crippen molar-refractivity contribution in [2.75, 3.05) is 6.61 Å². The highest BCUT2D eigenvalue weighted by atomic mass is 16.5. The smallest absolute Gasteiger partial charge is 0.306 e. The molecule has 1 aliphatic rings. The Balaban J connectivity index is 2.70. The van der Waals surface area contributed by atoms with Gasteiger partial charge in [-0.2, -0.15) is 0 Å². The molecule has 0 bridgehead atoms. The Bertz CT molecular complexity index is 256. The van der Waals surface area contributed by atoms with Crippen LogP contribution in [0.1, 0.15) is 58.8 Å². The topological polar surface area (TPSA) is 43.4 Å². The summed E-state index contributed by atoms with van der Waals surface area (Å²) in [6, 6.07) is 0. The Morgan fingerprint density at radius 1 is 1.38 bits per heavy atom. The summed E-state index contributed by atoms with van der Waals surface area (Å²) >= 11 is 0. The first-order valence-corrected chi connectivity index (χ1v) is 6.33. The summed E-state index contributed by atoms with van der Waals surface area (Å²) in [6.45, 7) is 4.26. The molecule has 0 aliphatic heterocycles. The summed E-state index contributed by atoms with van der Waals surface area (Å²) in [5, 5.41) is 0. The number of carbonyl (C=O) groups is 2. The van der Waals surface area contributed by atoms with Crippen LogP contribution in [0.4, 0.5) is 0 Å². The van der Waals surface area contributed by atoms with Crippen LogP contribution in [0, 0.1) is 5.41 Å². The Labute approximate surface area is 97.5 Å².